The first kappa shape index (κ1) is 23.8. The van der Waals surface area contributed by atoms with Crippen molar-refractivity contribution >= 4 is 29.0 Å². The van der Waals surface area contributed by atoms with Crippen LogP contribution in [-0.2, 0) is 25.5 Å². The van der Waals surface area contributed by atoms with Crippen LogP contribution in [-0.4, -0.2) is 64.7 Å². The Kier molecular flexibility index (Phi) is 6.14. The Labute approximate surface area is 203 Å². The van der Waals surface area contributed by atoms with Crippen LogP contribution in [0.15, 0.2) is 60.6 Å². The van der Waals surface area contributed by atoms with Crippen molar-refractivity contribution in [1.82, 2.24) is 25.5 Å². The largest absolute Gasteiger partial charge is 0.491 e. The number of hydrogen-bond acceptors (Lipinski definition) is 7. The molecule has 1 unspecified atom stereocenters. The second-order valence-corrected chi connectivity index (χ2v) is 8.44. The molecule has 0 spiro atoms. The Hall–Kier alpha value is -3.90. The number of pyridine rings is 1. The van der Waals surface area contributed by atoms with Gasteiger partial charge in [-0.3, -0.25) is 10.1 Å². The summed E-state index contributed by atoms with van der Waals surface area (Å²) in [6.07, 6.45) is -0.507. The van der Waals surface area contributed by atoms with Crippen LogP contribution in [0.1, 0.15) is 11.1 Å². The van der Waals surface area contributed by atoms with Crippen molar-refractivity contribution in [3.05, 3.63) is 71.7 Å². The number of amides is 1. The van der Waals surface area contributed by atoms with Gasteiger partial charge in [-0.2, -0.15) is 13.2 Å². The zero-order chi connectivity index (χ0) is 25.3. The topological polar surface area (TPSA) is 109 Å². The Morgan fingerprint density at radius 1 is 1.22 bits per heavy atom. The summed E-state index contributed by atoms with van der Waals surface area (Å²) in [4.78, 5) is 33.4. The highest BCUT2D eigenvalue weighted by atomic mass is 19.4. The van der Waals surface area contributed by atoms with Gasteiger partial charge in [-0.05, 0) is 30.2 Å². The maximum Gasteiger partial charge on any atom is 0.491 e. The highest BCUT2D eigenvalue weighted by Crippen LogP contribution is 2.29. The molecule has 0 radical (unpaired) electrons. The minimum Gasteiger partial charge on any atom is -0.399 e. The molecule has 3 N–H and O–H groups in total. The maximum absolute atomic E-state index is 13.2. The molecule has 2 aromatic heterocycles. The molecule has 2 fully saturated rings. The highest BCUT2D eigenvalue weighted by Gasteiger charge is 2.55. The number of alkyl halides is 3. The molecule has 2 aliphatic rings. The van der Waals surface area contributed by atoms with E-state index in [9.17, 15) is 22.8 Å². The Balaban J connectivity index is 1.44. The number of esters is 1. The summed E-state index contributed by atoms with van der Waals surface area (Å²) in [6.45, 7) is 0.360. The molecule has 0 aliphatic carbocycles. The number of nitrogens with one attached hydrogen (secondary N) is 3. The number of halogens is 3. The lowest BCUT2D eigenvalue weighted by Crippen LogP contribution is -2.69. The van der Waals surface area contributed by atoms with Crippen molar-refractivity contribution in [2.24, 2.45) is 0 Å². The number of morpholine rings is 1. The number of hydrogen-bond donors (Lipinski definition) is 3. The monoisotopic (exact) mass is 501 g/mol. The normalized spacial score (nSPS) is 24.0. The lowest BCUT2D eigenvalue weighted by Gasteiger charge is -2.43. The van der Waals surface area contributed by atoms with E-state index in [1.165, 1.54) is 11.0 Å². The van der Waals surface area contributed by atoms with Crippen molar-refractivity contribution in [1.29, 1.82) is 0 Å². The van der Waals surface area contributed by atoms with E-state index in [2.05, 4.69) is 20.6 Å². The third-order valence-corrected chi connectivity index (χ3v) is 5.98. The van der Waals surface area contributed by atoms with Gasteiger partial charge >= 0.3 is 18.1 Å². The van der Waals surface area contributed by atoms with Gasteiger partial charge in [0.15, 0.2) is 0 Å². The molecular weight excluding hydrogens is 479 g/mol. The SMILES string of the molecule is O=C1NC(OC(=O)C(F)(F)F)(N2CCO[C@H](Cc3ccccc3)C2)NC1=Cc1c[nH]c2ncccc12. The number of H-pyrrole nitrogens is 1. The van der Waals surface area contributed by atoms with E-state index in [-0.39, 0.29) is 25.4 Å². The molecule has 9 nitrogen and oxygen atoms in total. The second-order valence-electron chi connectivity index (χ2n) is 8.44. The van der Waals surface area contributed by atoms with Crippen molar-refractivity contribution in [2.45, 2.75) is 24.7 Å². The molecule has 36 heavy (non-hydrogen) atoms. The predicted molar refractivity (Wildman–Crippen MR) is 122 cm³/mol. The third kappa shape index (κ3) is 4.77. The van der Waals surface area contributed by atoms with E-state index in [1.807, 2.05) is 30.3 Å². The van der Waals surface area contributed by atoms with Crippen LogP contribution >= 0.6 is 0 Å². The number of rotatable bonds is 5. The van der Waals surface area contributed by atoms with Crippen molar-refractivity contribution in [3.63, 3.8) is 0 Å². The van der Waals surface area contributed by atoms with Crippen molar-refractivity contribution in [2.75, 3.05) is 19.7 Å². The van der Waals surface area contributed by atoms with Crippen LogP contribution in [0.2, 0.25) is 0 Å². The molecule has 0 bridgehead atoms. The first-order valence-electron chi connectivity index (χ1n) is 11.2. The molecule has 1 amide bonds. The number of carbonyl (C=O) groups excluding carboxylic acids is 2. The zero-order valence-electron chi connectivity index (χ0n) is 18.8. The van der Waals surface area contributed by atoms with Gasteiger partial charge in [-0.1, -0.05) is 30.3 Å². The lowest BCUT2D eigenvalue weighted by molar-refractivity contribution is -0.247. The molecule has 0 saturated carbocycles. The highest BCUT2D eigenvalue weighted by molar-refractivity contribution is 6.02. The van der Waals surface area contributed by atoms with Gasteiger partial charge in [-0.25, -0.2) is 14.7 Å². The van der Waals surface area contributed by atoms with E-state index in [0.29, 0.717) is 23.0 Å². The zero-order valence-corrected chi connectivity index (χ0v) is 18.8. The third-order valence-electron chi connectivity index (χ3n) is 5.98. The van der Waals surface area contributed by atoms with Gasteiger partial charge < -0.3 is 19.8 Å². The number of nitrogens with zero attached hydrogens (tertiary/aromatic N) is 2. The van der Waals surface area contributed by atoms with Gasteiger partial charge in [0.05, 0.1) is 12.7 Å². The molecule has 5 rings (SSSR count). The molecule has 1 aromatic carbocycles. The minimum absolute atomic E-state index is 0.0687. The van der Waals surface area contributed by atoms with Crippen LogP contribution in [0.5, 0.6) is 0 Å². The fraction of sp³-hybridized carbons (Fsp3) is 0.292. The van der Waals surface area contributed by atoms with Gasteiger partial charge in [0, 0.05) is 36.4 Å². The Morgan fingerprint density at radius 2 is 2.03 bits per heavy atom. The molecule has 2 saturated heterocycles. The van der Waals surface area contributed by atoms with E-state index in [4.69, 9.17) is 9.47 Å². The average Bonchev–Trinajstić information content (AvgIpc) is 3.41. The fourth-order valence-corrected chi connectivity index (χ4v) is 4.32. The van der Waals surface area contributed by atoms with Crippen LogP contribution in [0.25, 0.3) is 17.1 Å². The number of ether oxygens (including phenoxy) is 2. The van der Waals surface area contributed by atoms with Gasteiger partial charge in [0.1, 0.15) is 11.3 Å². The summed E-state index contributed by atoms with van der Waals surface area (Å²) in [6, 6.07) is 12.9. The smallest absolute Gasteiger partial charge is 0.399 e. The quantitative estimate of drug-likeness (QED) is 0.364. The maximum atomic E-state index is 13.2. The number of benzene rings is 1. The summed E-state index contributed by atoms with van der Waals surface area (Å²) in [5.74, 6) is -5.40. The van der Waals surface area contributed by atoms with E-state index in [0.717, 1.165) is 5.56 Å². The summed E-state index contributed by atoms with van der Waals surface area (Å²) < 4.78 is 50.3. The van der Waals surface area contributed by atoms with E-state index >= 15 is 0 Å². The standard InChI is InChI=1S/C24H22F3N5O4/c25-23(26,27)22(34)36-24(32-9-10-35-17(14-32)11-15-5-2-1-3-6-15)30-19(21(33)31-24)12-16-13-29-20-18(16)7-4-8-28-20/h1-8,12-13,17,30H,9-11,14H2,(H,28,29)(H,31,33)/t17-,24?/m1/s1. The molecule has 188 valence electrons. The lowest BCUT2D eigenvalue weighted by atomic mass is 10.1. The fourth-order valence-electron chi connectivity index (χ4n) is 4.32. The van der Waals surface area contributed by atoms with Gasteiger partial charge in [-0.15, -0.1) is 0 Å². The van der Waals surface area contributed by atoms with Crippen LogP contribution in [0.3, 0.4) is 0 Å². The average molecular weight is 501 g/mol. The molecule has 2 aliphatic heterocycles. The summed E-state index contributed by atoms with van der Waals surface area (Å²) >= 11 is 0. The molecule has 2 atom stereocenters. The van der Waals surface area contributed by atoms with Crippen LogP contribution in [0, 0.1) is 0 Å². The van der Waals surface area contributed by atoms with E-state index < -0.39 is 30.1 Å². The van der Waals surface area contributed by atoms with Crippen molar-refractivity contribution < 1.29 is 32.2 Å². The van der Waals surface area contributed by atoms with Gasteiger partial charge in [0.25, 0.3) is 5.91 Å². The summed E-state index contributed by atoms with van der Waals surface area (Å²) in [7, 11) is 0. The molecule has 3 aromatic rings. The molecule has 12 heteroatoms. The first-order valence-corrected chi connectivity index (χ1v) is 11.2. The van der Waals surface area contributed by atoms with E-state index in [1.54, 1.807) is 24.5 Å². The Bertz CT molecular complexity index is 1310. The minimum atomic E-state index is -5.26. The summed E-state index contributed by atoms with van der Waals surface area (Å²) in [5, 5.41) is 5.83. The number of carbonyl (C=O) groups is 2. The van der Waals surface area contributed by atoms with Crippen LogP contribution < -0.4 is 10.6 Å². The number of aromatic nitrogens is 2. The number of fused-ring (bicyclic) bond motifs is 1. The summed E-state index contributed by atoms with van der Waals surface area (Å²) in [5.41, 5.74) is 2.07. The molecular formula is C24H22F3N5O4. The van der Waals surface area contributed by atoms with Gasteiger partial charge in [0.2, 0.25) is 0 Å². The van der Waals surface area contributed by atoms with Crippen LogP contribution in [0.4, 0.5) is 13.2 Å². The predicted octanol–water partition coefficient (Wildman–Crippen LogP) is 2.28. The molecule has 4 heterocycles. The second kappa shape index (κ2) is 9.28. The number of aromatic amines is 1. The van der Waals surface area contributed by atoms with Crippen molar-refractivity contribution in [3.8, 4) is 0 Å². The first-order chi connectivity index (χ1) is 17.2. The Morgan fingerprint density at radius 3 is 2.81 bits per heavy atom.